The summed E-state index contributed by atoms with van der Waals surface area (Å²) in [5.41, 5.74) is 2.88. The van der Waals surface area contributed by atoms with Crippen molar-refractivity contribution in [1.29, 1.82) is 0 Å². The number of pyridine rings is 1. The minimum absolute atomic E-state index is 0.0499. The van der Waals surface area contributed by atoms with Crippen LogP contribution in [0, 0.1) is 6.92 Å². The van der Waals surface area contributed by atoms with E-state index in [2.05, 4.69) is 22.5 Å². The summed E-state index contributed by atoms with van der Waals surface area (Å²) in [6.07, 6.45) is 1.75. The number of benzene rings is 2. The number of nitrogens with zero attached hydrogens (tertiary/aromatic N) is 1. The van der Waals surface area contributed by atoms with Crippen molar-refractivity contribution >= 4 is 33.9 Å². The van der Waals surface area contributed by atoms with Gasteiger partial charge in [0.15, 0.2) is 5.11 Å². The highest BCUT2D eigenvalue weighted by molar-refractivity contribution is 7.80. The SMILES string of the molecule is COc1ccc(NC(=S)N[C@H](C)COc2ccc(C)cc2)c2cccnc12. The summed E-state index contributed by atoms with van der Waals surface area (Å²) < 4.78 is 11.2. The molecule has 0 bridgehead atoms. The molecule has 1 heterocycles. The van der Waals surface area contributed by atoms with E-state index in [-0.39, 0.29) is 6.04 Å². The molecule has 1 atom stereocenters. The Morgan fingerprint density at radius 3 is 2.67 bits per heavy atom. The summed E-state index contributed by atoms with van der Waals surface area (Å²) in [7, 11) is 1.64. The van der Waals surface area contributed by atoms with E-state index in [1.54, 1.807) is 13.3 Å². The first kappa shape index (κ1) is 18.9. The van der Waals surface area contributed by atoms with Crippen molar-refractivity contribution in [3.8, 4) is 11.5 Å². The van der Waals surface area contributed by atoms with Crippen LogP contribution in [-0.4, -0.2) is 29.9 Å². The number of aromatic nitrogens is 1. The van der Waals surface area contributed by atoms with Crippen molar-refractivity contribution in [3.05, 3.63) is 60.3 Å². The van der Waals surface area contributed by atoms with Crippen LogP contribution < -0.4 is 20.1 Å². The molecule has 0 amide bonds. The Morgan fingerprint density at radius 1 is 1.15 bits per heavy atom. The molecule has 0 saturated heterocycles. The third-order valence-electron chi connectivity index (χ3n) is 4.10. The predicted octanol–water partition coefficient (Wildman–Crippen LogP) is 4.31. The first-order valence-corrected chi connectivity index (χ1v) is 9.16. The molecule has 6 heteroatoms. The number of anilines is 1. The van der Waals surface area contributed by atoms with Gasteiger partial charge in [-0.1, -0.05) is 17.7 Å². The van der Waals surface area contributed by atoms with Crippen LogP contribution in [-0.2, 0) is 0 Å². The monoisotopic (exact) mass is 381 g/mol. The summed E-state index contributed by atoms with van der Waals surface area (Å²) in [5.74, 6) is 1.58. The smallest absolute Gasteiger partial charge is 0.171 e. The number of thiocarbonyl (C=S) groups is 1. The summed E-state index contributed by atoms with van der Waals surface area (Å²) in [5, 5.41) is 7.97. The van der Waals surface area contributed by atoms with Crippen molar-refractivity contribution < 1.29 is 9.47 Å². The Hall–Kier alpha value is -2.86. The Labute approximate surface area is 164 Å². The van der Waals surface area contributed by atoms with E-state index < -0.39 is 0 Å². The quantitative estimate of drug-likeness (QED) is 0.621. The van der Waals surface area contributed by atoms with Crippen LogP contribution >= 0.6 is 12.2 Å². The lowest BCUT2D eigenvalue weighted by Gasteiger charge is -2.18. The topological polar surface area (TPSA) is 55.4 Å². The molecule has 0 unspecified atom stereocenters. The molecule has 2 aromatic carbocycles. The van der Waals surface area contributed by atoms with E-state index in [1.165, 1.54) is 5.56 Å². The normalized spacial score (nSPS) is 11.7. The molecule has 5 nitrogen and oxygen atoms in total. The molecular formula is C21H23N3O2S. The van der Waals surface area contributed by atoms with Gasteiger partial charge in [-0.3, -0.25) is 4.98 Å². The van der Waals surface area contributed by atoms with Gasteiger partial charge in [-0.25, -0.2) is 0 Å². The number of aryl methyl sites for hydroxylation is 1. The predicted molar refractivity (Wildman–Crippen MR) is 114 cm³/mol. The highest BCUT2D eigenvalue weighted by Gasteiger charge is 2.10. The summed E-state index contributed by atoms with van der Waals surface area (Å²) in [6, 6.07) is 15.7. The second kappa shape index (κ2) is 8.68. The van der Waals surface area contributed by atoms with Crippen molar-refractivity contribution in [3.63, 3.8) is 0 Å². The molecule has 3 aromatic rings. The highest BCUT2D eigenvalue weighted by atomic mass is 32.1. The minimum atomic E-state index is 0.0499. The minimum Gasteiger partial charge on any atom is -0.494 e. The third-order valence-corrected chi connectivity index (χ3v) is 4.32. The second-order valence-electron chi connectivity index (χ2n) is 6.34. The first-order chi connectivity index (χ1) is 13.1. The lowest BCUT2D eigenvalue weighted by atomic mass is 10.1. The second-order valence-corrected chi connectivity index (χ2v) is 6.75. The fourth-order valence-electron chi connectivity index (χ4n) is 2.70. The summed E-state index contributed by atoms with van der Waals surface area (Å²) in [6.45, 7) is 4.59. The highest BCUT2D eigenvalue weighted by Crippen LogP contribution is 2.29. The molecule has 2 N–H and O–H groups in total. The Bertz CT molecular complexity index is 928. The Morgan fingerprint density at radius 2 is 1.93 bits per heavy atom. The zero-order chi connectivity index (χ0) is 19.2. The molecule has 0 aliphatic heterocycles. The number of hydrogen-bond donors (Lipinski definition) is 2. The molecule has 0 radical (unpaired) electrons. The van der Waals surface area contributed by atoms with Gasteiger partial charge in [0.05, 0.1) is 13.2 Å². The van der Waals surface area contributed by atoms with Crippen molar-refractivity contribution in [1.82, 2.24) is 10.3 Å². The summed E-state index contributed by atoms with van der Waals surface area (Å²) >= 11 is 5.46. The van der Waals surface area contributed by atoms with Gasteiger partial charge in [0, 0.05) is 17.3 Å². The molecule has 0 spiro atoms. The van der Waals surface area contributed by atoms with Gasteiger partial charge in [-0.15, -0.1) is 0 Å². The number of fused-ring (bicyclic) bond motifs is 1. The molecule has 0 fully saturated rings. The van der Waals surface area contributed by atoms with E-state index in [1.807, 2.05) is 55.5 Å². The lowest BCUT2D eigenvalue weighted by Crippen LogP contribution is -2.39. The third kappa shape index (κ3) is 4.86. The van der Waals surface area contributed by atoms with Gasteiger partial charge >= 0.3 is 0 Å². The Balaban J connectivity index is 1.60. The van der Waals surface area contributed by atoms with Crippen LogP contribution in [0.2, 0.25) is 0 Å². The van der Waals surface area contributed by atoms with Gasteiger partial charge in [0.1, 0.15) is 23.6 Å². The fraction of sp³-hybridized carbons (Fsp3) is 0.238. The number of hydrogen-bond acceptors (Lipinski definition) is 4. The summed E-state index contributed by atoms with van der Waals surface area (Å²) in [4.78, 5) is 4.40. The van der Waals surface area contributed by atoms with E-state index >= 15 is 0 Å². The zero-order valence-corrected chi connectivity index (χ0v) is 16.5. The van der Waals surface area contributed by atoms with Gasteiger partial charge in [-0.05, 0) is 62.5 Å². The maximum Gasteiger partial charge on any atom is 0.171 e. The number of ether oxygens (including phenoxy) is 2. The molecule has 3 rings (SSSR count). The zero-order valence-electron chi connectivity index (χ0n) is 15.7. The lowest BCUT2D eigenvalue weighted by molar-refractivity contribution is 0.287. The van der Waals surface area contributed by atoms with Gasteiger partial charge in [0.25, 0.3) is 0 Å². The van der Waals surface area contributed by atoms with Crippen LogP contribution in [0.5, 0.6) is 11.5 Å². The van der Waals surface area contributed by atoms with Crippen LogP contribution in [0.15, 0.2) is 54.7 Å². The standard InChI is InChI=1S/C21H23N3O2S/c1-14-6-8-16(9-7-14)26-13-15(2)23-21(27)24-18-10-11-19(25-3)20-17(18)5-4-12-22-20/h4-12,15H,13H2,1-3H3,(H2,23,24,27)/t15-/m1/s1. The number of methoxy groups -OCH3 is 1. The molecular weight excluding hydrogens is 358 g/mol. The molecule has 0 aliphatic rings. The Kier molecular flexibility index (Phi) is 6.08. The van der Waals surface area contributed by atoms with Crippen molar-refractivity contribution in [2.75, 3.05) is 19.0 Å². The molecule has 27 heavy (non-hydrogen) atoms. The number of rotatable bonds is 6. The van der Waals surface area contributed by atoms with Gasteiger partial charge in [-0.2, -0.15) is 0 Å². The molecule has 0 aliphatic carbocycles. The average Bonchev–Trinajstić information content (AvgIpc) is 2.68. The molecule has 140 valence electrons. The van der Waals surface area contributed by atoms with Crippen LogP contribution in [0.3, 0.4) is 0 Å². The largest absolute Gasteiger partial charge is 0.494 e. The van der Waals surface area contributed by atoms with Gasteiger partial charge < -0.3 is 20.1 Å². The van der Waals surface area contributed by atoms with E-state index in [4.69, 9.17) is 21.7 Å². The van der Waals surface area contributed by atoms with Crippen molar-refractivity contribution in [2.24, 2.45) is 0 Å². The van der Waals surface area contributed by atoms with Crippen molar-refractivity contribution in [2.45, 2.75) is 19.9 Å². The maximum absolute atomic E-state index is 5.80. The van der Waals surface area contributed by atoms with Crippen LogP contribution in [0.4, 0.5) is 5.69 Å². The maximum atomic E-state index is 5.80. The fourth-order valence-corrected chi connectivity index (χ4v) is 3.01. The van der Waals surface area contributed by atoms with E-state index in [9.17, 15) is 0 Å². The van der Waals surface area contributed by atoms with Gasteiger partial charge in [0.2, 0.25) is 0 Å². The molecule has 0 saturated carbocycles. The number of nitrogens with one attached hydrogen (secondary N) is 2. The average molecular weight is 382 g/mol. The van der Waals surface area contributed by atoms with Crippen LogP contribution in [0.1, 0.15) is 12.5 Å². The first-order valence-electron chi connectivity index (χ1n) is 8.75. The van der Waals surface area contributed by atoms with Crippen LogP contribution in [0.25, 0.3) is 10.9 Å². The van der Waals surface area contributed by atoms with E-state index in [0.29, 0.717) is 11.7 Å². The molecule has 1 aromatic heterocycles. The van der Waals surface area contributed by atoms with E-state index in [0.717, 1.165) is 28.1 Å².